The van der Waals surface area contributed by atoms with Gasteiger partial charge < -0.3 is 20.5 Å². The Kier molecular flexibility index (Phi) is 6.37. The molecule has 1 aliphatic rings. The first-order chi connectivity index (χ1) is 13.1. The number of fused-ring (bicyclic) bond motifs is 1. The van der Waals surface area contributed by atoms with Crippen LogP contribution in [0.2, 0.25) is 0 Å². The fourth-order valence-corrected chi connectivity index (χ4v) is 3.66. The number of nitrogens with one attached hydrogen (secondary N) is 3. The van der Waals surface area contributed by atoms with Crippen LogP contribution in [0.3, 0.4) is 0 Å². The molecule has 1 saturated heterocycles. The summed E-state index contributed by atoms with van der Waals surface area (Å²) >= 11 is 0. The summed E-state index contributed by atoms with van der Waals surface area (Å²) in [6.07, 6.45) is 5.13. The Morgan fingerprint density at radius 3 is 2.96 bits per heavy atom. The van der Waals surface area contributed by atoms with Gasteiger partial charge in [0.25, 0.3) is 0 Å². The molecule has 1 unspecified atom stereocenters. The number of nitrogens with zero attached hydrogens (tertiary/aromatic N) is 2. The average Bonchev–Trinajstić information content (AvgIpc) is 3.30. The van der Waals surface area contributed by atoms with Crippen LogP contribution in [-0.2, 0) is 11.2 Å². The van der Waals surface area contributed by atoms with Crippen molar-refractivity contribution in [2.75, 3.05) is 26.7 Å². The van der Waals surface area contributed by atoms with Crippen LogP contribution in [0.1, 0.15) is 32.3 Å². The Morgan fingerprint density at radius 2 is 2.19 bits per heavy atom. The summed E-state index contributed by atoms with van der Waals surface area (Å²) < 4.78 is 0. The van der Waals surface area contributed by atoms with E-state index in [-0.39, 0.29) is 17.9 Å². The van der Waals surface area contributed by atoms with Crippen molar-refractivity contribution in [1.82, 2.24) is 20.5 Å². The van der Waals surface area contributed by atoms with Gasteiger partial charge in [-0.15, -0.1) is 0 Å². The third-order valence-corrected chi connectivity index (χ3v) is 5.15. The van der Waals surface area contributed by atoms with Crippen LogP contribution in [-0.4, -0.2) is 54.5 Å². The molecular weight excluding hydrogens is 338 g/mol. The molecule has 1 atom stereocenters. The van der Waals surface area contributed by atoms with Crippen LogP contribution in [0.15, 0.2) is 35.5 Å². The van der Waals surface area contributed by atoms with Gasteiger partial charge in [0.1, 0.15) is 0 Å². The second-order valence-corrected chi connectivity index (χ2v) is 7.53. The monoisotopic (exact) mass is 369 g/mol. The first-order valence-electron chi connectivity index (χ1n) is 9.89. The van der Waals surface area contributed by atoms with Gasteiger partial charge in [-0.25, -0.2) is 0 Å². The Bertz CT molecular complexity index is 795. The minimum atomic E-state index is 0.0608. The molecule has 1 fully saturated rings. The molecule has 1 aromatic carbocycles. The fraction of sp³-hybridized carbons (Fsp3) is 0.524. The van der Waals surface area contributed by atoms with Gasteiger partial charge in [0, 0.05) is 55.7 Å². The molecular formula is C21H31N5O. The number of rotatable bonds is 6. The number of aryl methyl sites for hydroxylation is 1. The number of aromatic amines is 1. The molecule has 3 rings (SSSR count). The van der Waals surface area contributed by atoms with Gasteiger partial charge in [-0.1, -0.05) is 32.0 Å². The number of para-hydroxylation sites is 1. The highest BCUT2D eigenvalue weighted by molar-refractivity contribution is 5.83. The van der Waals surface area contributed by atoms with E-state index in [4.69, 9.17) is 0 Å². The minimum absolute atomic E-state index is 0.0608. The van der Waals surface area contributed by atoms with E-state index in [1.165, 1.54) is 16.5 Å². The number of H-pyrrole nitrogens is 1. The van der Waals surface area contributed by atoms with Crippen molar-refractivity contribution in [3.8, 4) is 0 Å². The maximum absolute atomic E-state index is 12.1. The summed E-state index contributed by atoms with van der Waals surface area (Å²) in [7, 11) is 1.79. The van der Waals surface area contributed by atoms with Crippen molar-refractivity contribution in [1.29, 1.82) is 0 Å². The molecule has 0 radical (unpaired) electrons. The van der Waals surface area contributed by atoms with Crippen LogP contribution >= 0.6 is 0 Å². The predicted octanol–water partition coefficient (Wildman–Crippen LogP) is 2.52. The molecule has 0 saturated carbocycles. The van der Waals surface area contributed by atoms with E-state index in [0.29, 0.717) is 0 Å². The summed E-state index contributed by atoms with van der Waals surface area (Å²) in [6.45, 7) is 6.36. The van der Waals surface area contributed by atoms with Crippen molar-refractivity contribution in [2.45, 2.75) is 39.2 Å². The molecule has 0 spiro atoms. The zero-order valence-corrected chi connectivity index (χ0v) is 16.6. The number of carbonyl (C=O) groups is 1. The predicted molar refractivity (Wildman–Crippen MR) is 111 cm³/mol. The molecule has 146 valence electrons. The number of carbonyl (C=O) groups excluding carboxylic acids is 1. The molecule has 1 aliphatic heterocycles. The molecule has 3 N–H and O–H groups in total. The second kappa shape index (κ2) is 8.93. The van der Waals surface area contributed by atoms with Crippen molar-refractivity contribution in [3.63, 3.8) is 0 Å². The first kappa shape index (κ1) is 19.3. The SMILES string of the molecule is CN=C(NCCCc1c[nH]c2ccccc12)NC1CCN(C(=O)C(C)C)C1. The van der Waals surface area contributed by atoms with Gasteiger partial charge in [0.2, 0.25) is 5.91 Å². The van der Waals surface area contributed by atoms with E-state index in [1.807, 2.05) is 18.7 Å². The molecule has 1 amide bonds. The number of hydrogen-bond acceptors (Lipinski definition) is 2. The zero-order chi connectivity index (χ0) is 19.2. The normalized spacial score (nSPS) is 17.7. The maximum atomic E-state index is 12.1. The molecule has 6 heteroatoms. The van der Waals surface area contributed by atoms with Gasteiger partial charge >= 0.3 is 0 Å². The van der Waals surface area contributed by atoms with E-state index in [2.05, 4.69) is 51.1 Å². The number of aromatic nitrogens is 1. The quantitative estimate of drug-likeness (QED) is 0.416. The topological polar surface area (TPSA) is 72.5 Å². The lowest BCUT2D eigenvalue weighted by atomic mass is 10.1. The van der Waals surface area contributed by atoms with Crippen molar-refractivity contribution in [2.24, 2.45) is 10.9 Å². The van der Waals surface area contributed by atoms with E-state index >= 15 is 0 Å². The Hall–Kier alpha value is -2.50. The molecule has 2 heterocycles. The van der Waals surface area contributed by atoms with Crippen LogP contribution in [0, 0.1) is 5.92 Å². The van der Waals surface area contributed by atoms with Crippen LogP contribution in [0.25, 0.3) is 10.9 Å². The first-order valence-corrected chi connectivity index (χ1v) is 9.89. The summed E-state index contributed by atoms with van der Waals surface area (Å²) in [6, 6.07) is 8.68. The molecule has 0 aliphatic carbocycles. The molecule has 2 aromatic rings. The molecule has 0 bridgehead atoms. The Morgan fingerprint density at radius 1 is 1.37 bits per heavy atom. The van der Waals surface area contributed by atoms with Gasteiger partial charge in [-0.3, -0.25) is 9.79 Å². The number of likely N-dealkylation sites (tertiary alicyclic amines) is 1. The summed E-state index contributed by atoms with van der Waals surface area (Å²) in [4.78, 5) is 21.7. The number of aliphatic imine (C=N–C) groups is 1. The highest BCUT2D eigenvalue weighted by Crippen LogP contribution is 2.18. The number of guanidine groups is 1. The largest absolute Gasteiger partial charge is 0.361 e. The van der Waals surface area contributed by atoms with E-state index in [9.17, 15) is 4.79 Å². The number of benzene rings is 1. The summed E-state index contributed by atoms with van der Waals surface area (Å²) in [5.41, 5.74) is 2.55. The number of amides is 1. The van der Waals surface area contributed by atoms with E-state index in [1.54, 1.807) is 7.05 Å². The minimum Gasteiger partial charge on any atom is -0.361 e. The van der Waals surface area contributed by atoms with E-state index < -0.39 is 0 Å². The van der Waals surface area contributed by atoms with Crippen molar-refractivity contribution >= 4 is 22.8 Å². The van der Waals surface area contributed by atoms with Gasteiger partial charge in [-0.2, -0.15) is 0 Å². The van der Waals surface area contributed by atoms with Crippen LogP contribution < -0.4 is 10.6 Å². The van der Waals surface area contributed by atoms with Gasteiger partial charge in [0.05, 0.1) is 0 Å². The lowest BCUT2D eigenvalue weighted by Crippen LogP contribution is -2.45. The number of hydrogen-bond donors (Lipinski definition) is 3. The fourth-order valence-electron chi connectivity index (χ4n) is 3.66. The zero-order valence-electron chi connectivity index (χ0n) is 16.6. The molecule has 6 nitrogen and oxygen atoms in total. The molecule has 27 heavy (non-hydrogen) atoms. The summed E-state index contributed by atoms with van der Waals surface area (Å²) in [5.74, 6) is 1.12. The average molecular weight is 370 g/mol. The summed E-state index contributed by atoms with van der Waals surface area (Å²) in [5, 5.41) is 8.16. The highest BCUT2D eigenvalue weighted by Gasteiger charge is 2.27. The Balaban J connectivity index is 1.41. The van der Waals surface area contributed by atoms with Crippen molar-refractivity contribution in [3.05, 3.63) is 36.0 Å². The van der Waals surface area contributed by atoms with Crippen LogP contribution in [0.5, 0.6) is 0 Å². The highest BCUT2D eigenvalue weighted by atomic mass is 16.2. The Labute approximate surface area is 161 Å². The van der Waals surface area contributed by atoms with Gasteiger partial charge in [-0.05, 0) is 30.9 Å². The smallest absolute Gasteiger partial charge is 0.225 e. The third kappa shape index (κ3) is 4.81. The standard InChI is InChI=1S/C21H31N5O/c1-15(2)20(27)26-12-10-17(14-26)25-21(22-3)23-11-6-7-16-13-24-19-9-5-4-8-18(16)19/h4-5,8-9,13,15,17,24H,6-7,10-12,14H2,1-3H3,(H2,22,23,25). The lowest BCUT2D eigenvalue weighted by Gasteiger charge is -2.20. The maximum Gasteiger partial charge on any atom is 0.225 e. The second-order valence-electron chi connectivity index (χ2n) is 7.53. The van der Waals surface area contributed by atoms with Gasteiger partial charge in [0.15, 0.2) is 5.96 Å². The van der Waals surface area contributed by atoms with E-state index in [0.717, 1.165) is 44.9 Å². The molecule has 1 aromatic heterocycles. The third-order valence-electron chi connectivity index (χ3n) is 5.15. The van der Waals surface area contributed by atoms with Crippen molar-refractivity contribution < 1.29 is 4.79 Å². The van der Waals surface area contributed by atoms with Crippen LogP contribution in [0.4, 0.5) is 0 Å². The lowest BCUT2D eigenvalue weighted by molar-refractivity contribution is -0.133.